The Balaban J connectivity index is 1.27. The van der Waals surface area contributed by atoms with E-state index in [9.17, 15) is 22.9 Å². The largest absolute Gasteiger partial charge is 0.481 e. The highest BCUT2D eigenvalue weighted by atomic mass is 32.2. The molecule has 0 unspecified atom stereocenters. The van der Waals surface area contributed by atoms with E-state index < -0.39 is 21.5 Å². The van der Waals surface area contributed by atoms with Crippen LogP contribution in [-0.2, 0) is 25.7 Å². The van der Waals surface area contributed by atoms with Gasteiger partial charge in [0, 0.05) is 53.9 Å². The molecule has 50 heavy (non-hydrogen) atoms. The standard InChI is InChI=1S/C42H44N2O5S/c1-6-43-34-25-21-29-16-12-13-17-32(29)39(34)41(2,3)36(43)18-10-8-7-9-11-19-37-42(4,5)40-33-24-23-31(50(47,48)49)28-30(33)22-26-35(40)44(37)27-15-14-20-38(45)46/h7-13,16-19,21-26,28H,6,14-15,20,27H2,1-5H3,(H-,45,46,47,48,49)/p+1. The van der Waals surface area contributed by atoms with Crippen molar-refractivity contribution in [2.24, 2.45) is 0 Å². The molecule has 0 radical (unpaired) electrons. The van der Waals surface area contributed by atoms with Crippen LogP contribution < -0.4 is 4.90 Å². The van der Waals surface area contributed by atoms with E-state index in [2.05, 4.69) is 98.7 Å². The van der Waals surface area contributed by atoms with Crippen molar-refractivity contribution in [3.8, 4) is 0 Å². The maximum atomic E-state index is 11.8. The summed E-state index contributed by atoms with van der Waals surface area (Å²) in [5.41, 5.74) is 6.48. The average molecular weight is 690 g/mol. The predicted octanol–water partition coefficient (Wildman–Crippen LogP) is 9.24. The van der Waals surface area contributed by atoms with Crippen molar-refractivity contribution in [2.45, 2.75) is 69.6 Å². The van der Waals surface area contributed by atoms with Gasteiger partial charge in [-0.25, -0.2) is 0 Å². The third-order valence-electron chi connectivity index (χ3n) is 10.2. The number of hydrogen-bond donors (Lipinski definition) is 2. The first-order valence-electron chi connectivity index (χ1n) is 17.2. The van der Waals surface area contributed by atoms with Gasteiger partial charge in [-0.2, -0.15) is 13.0 Å². The smallest absolute Gasteiger partial charge is 0.303 e. The predicted molar refractivity (Wildman–Crippen MR) is 204 cm³/mol. The number of rotatable bonds is 11. The Morgan fingerprint density at radius 2 is 1.52 bits per heavy atom. The number of carbonyl (C=O) groups is 1. The van der Waals surface area contributed by atoms with Crippen molar-refractivity contribution in [2.75, 3.05) is 18.0 Å². The molecule has 0 spiro atoms. The highest BCUT2D eigenvalue weighted by Crippen LogP contribution is 2.50. The lowest BCUT2D eigenvalue weighted by atomic mass is 9.79. The molecule has 2 heterocycles. The number of likely N-dealkylation sites (N-methyl/N-ethyl adjacent to an activating group) is 1. The summed E-state index contributed by atoms with van der Waals surface area (Å²) < 4.78 is 35.6. The quantitative estimate of drug-likeness (QED) is 0.0705. The summed E-state index contributed by atoms with van der Waals surface area (Å²) in [7, 11) is -4.33. The molecule has 0 aromatic heterocycles. The molecule has 7 nitrogen and oxygen atoms in total. The monoisotopic (exact) mass is 689 g/mol. The van der Waals surface area contributed by atoms with Crippen LogP contribution in [0.1, 0.15) is 65.0 Å². The van der Waals surface area contributed by atoms with Gasteiger partial charge in [-0.1, -0.05) is 80.6 Å². The third-order valence-corrected chi connectivity index (χ3v) is 11.0. The van der Waals surface area contributed by atoms with E-state index >= 15 is 0 Å². The minimum atomic E-state index is -4.33. The highest BCUT2D eigenvalue weighted by Gasteiger charge is 2.45. The number of aliphatic carboxylic acids is 1. The molecule has 0 bridgehead atoms. The molecule has 2 N–H and O–H groups in total. The van der Waals surface area contributed by atoms with Gasteiger partial charge in [0.05, 0.1) is 10.3 Å². The minimum absolute atomic E-state index is 0.118. The maximum absolute atomic E-state index is 11.8. The Hall–Kier alpha value is -4.79. The molecule has 0 saturated carbocycles. The van der Waals surface area contributed by atoms with Crippen molar-refractivity contribution in [3.05, 3.63) is 126 Å². The summed E-state index contributed by atoms with van der Waals surface area (Å²) in [5.74, 6) is -0.803. The molecule has 0 amide bonds. The number of carboxylic acids is 1. The number of allylic oxidation sites excluding steroid dienone is 8. The van der Waals surface area contributed by atoms with Crippen LogP contribution in [0.5, 0.6) is 0 Å². The highest BCUT2D eigenvalue weighted by molar-refractivity contribution is 7.85. The van der Waals surface area contributed by atoms with Gasteiger partial charge in [0.1, 0.15) is 6.54 Å². The van der Waals surface area contributed by atoms with Crippen LogP contribution in [0, 0.1) is 0 Å². The molecule has 2 aliphatic heterocycles. The van der Waals surface area contributed by atoms with E-state index in [-0.39, 0.29) is 16.7 Å². The number of hydrogen-bond acceptors (Lipinski definition) is 4. The Labute approximate surface area is 295 Å². The summed E-state index contributed by atoms with van der Waals surface area (Å²) in [5, 5.41) is 13.4. The molecule has 6 rings (SSSR count). The molecule has 4 aromatic rings. The molecule has 0 saturated heterocycles. The van der Waals surface area contributed by atoms with Gasteiger partial charge in [0.15, 0.2) is 5.71 Å². The van der Waals surface area contributed by atoms with Gasteiger partial charge in [-0.3, -0.25) is 9.35 Å². The Morgan fingerprint density at radius 1 is 0.820 bits per heavy atom. The summed E-state index contributed by atoms with van der Waals surface area (Å²) in [6.45, 7) is 12.6. The molecular weight excluding hydrogens is 645 g/mol. The number of carboxylic acid groups (broad SMARTS) is 1. The van der Waals surface area contributed by atoms with Crippen molar-refractivity contribution < 1.29 is 27.4 Å². The number of unbranched alkanes of at least 4 members (excludes halogenated alkanes) is 1. The lowest BCUT2D eigenvalue weighted by Gasteiger charge is -2.26. The summed E-state index contributed by atoms with van der Waals surface area (Å²) in [6, 6.07) is 21.6. The molecule has 8 heteroatoms. The van der Waals surface area contributed by atoms with Crippen molar-refractivity contribution in [1.29, 1.82) is 0 Å². The Bertz CT molecular complexity index is 2270. The molecule has 0 fully saturated rings. The molecular formula is C42H45N2O5S+. The normalized spacial score (nSPS) is 17.7. The van der Waals surface area contributed by atoms with E-state index in [1.165, 1.54) is 39.9 Å². The van der Waals surface area contributed by atoms with E-state index in [1.54, 1.807) is 6.07 Å². The van der Waals surface area contributed by atoms with Crippen LogP contribution in [0.15, 0.2) is 120 Å². The molecule has 2 aliphatic rings. The third kappa shape index (κ3) is 6.34. The lowest BCUT2D eigenvalue weighted by Crippen LogP contribution is -2.28. The topological polar surface area (TPSA) is 97.9 Å². The second-order valence-electron chi connectivity index (χ2n) is 14.1. The molecule has 0 atom stereocenters. The van der Waals surface area contributed by atoms with Crippen molar-refractivity contribution >= 4 is 54.7 Å². The first-order valence-corrected chi connectivity index (χ1v) is 18.6. The van der Waals surface area contributed by atoms with Crippen LogP contribution in [0.4, 0.5) is 11.4 Å². The SMILES string of the molecule is CCN1/C(=C/C=C/C=C/C=C/C2=[N+](CCCCC(=O)O)c3ccc4cc(S(=O)(=O)O)ccc4c3C2(C)C)C(C)(C)c2c1ccc1ccccc21. The fraction of sp³-hybridized carbons (Fsp3) is 0.286. The zero-order valence-corrected chi connectivity index (χ0v) is 30.2. The minimum Gasteiger partial charge on any atom is -0.481 e. The molecule has 4 aromatic carbocycles. The molecule has 0 aliphatic carbocycles. The van der Waals surface area contributed by atoms with Gasteiger partial charge in [0.25, 0.3) is 10.1 Å². The summed E-state index contributed by atoms with van der Waals surface area (Å²) >= 11 is 0. The fourth-order valence-corrected chi connectivity index (χ4v) is 8.40. The zero-order chi connectivity index (χ0) is 35.8. The number of nitrogens with zero attached hydrogens (tertiary/aromatic N) is 2. The van der Waals surface area contributed by atoms with E-state index in [1.807, 2.05) is 36.4 Å². The summed E-state index contributed by atoms with van der Waals surface area (Å²) in [4.78, 5) is 13.5. The second kappa shape index (κ2) is 13.5. The van der Waals surface area contributed by atoms with Crippen LogP contribution in [0.3, 0.4) is 0 Å². The zero-order valence-electron chi connectivity index (χ0n) is 29.3. The molecule has 258 valence electrons. The van der Waals surface area contributed by atoms with Crippen molar-refractivity contribution in [1.82, 2.24) is 0 Å². The summed E-state index contributed by atoms with van der Waals surface area (Å²) in [6.07, 6.45) is 15.9. The Kier molecular flexibility index (Phi) is 9.46. The number of anilines is 1. The van der Waals surface area contributed by atoms with E-state index in [4.69, 9.17) is 0 Å². The van der Waals surface area contributed by atoms with E-state index in [0.29, 0.717) is 19.4 Å². The average Bonchev–Trinajstić information content (AvgIpc) is 3.43. The van der Waals surface area contributed by atoms with Gasteiger partial charge in [0.2, 0.25) is 5.69 Å². The van der Waals surface area contributed by atoms with Crippen LogP contribution in [-0.4, -0.2) is 47.4 Å². The van der Waals surface area contributed by atoms with Crippen LogP contribution >= 0.6 is 0 Å². The second-order valence-corrected chi connectivity index (χ2v) is 15.5. The van der Waals surface area contributed by atoms with Gasteiger partial charge < -0.3 is 10.0 Å². The lowest BCUT2D eigenvalue weighted by molar-refractivity contribution is -0.438. The van der Waals surface area contributed by atoms with Crippen LogP contribution in [0.25, 0.3) is 21.5 Å². The first-order chi connectivity index (χ1) is 23.8. The Morgan fingerprint density at radius 3 is 2.26 bits per heavy atom. The van der Waals surface area contributed by atoms with Gasteiger partial charge >= 0.3 is 5.97 Å². The fourth-order valence-electron chi connectivity index (χ4n) is 7.88. The maximum Gasteiger partial charge on any atom is 0.303 e. The number of benzene rings is 4. The van der Waals surface area contributed by atoms with Crippen LogP contribution in [0.2, 0.25) is 0 Å². The first kappa shape index (κ1) is 35.1. The van der Waals surface area contributed by atoms with E-state index in [0.717, 1.165) is 34.3 Å². The number of fused-ring (bicyclic) bond motifs is 6. The van der Waals surface area contributed by atoms with Gasteiger partial charge in [-0.05, 0) is 84.6 Å². The van der Waals surface area contributed by atoms with Gasteiger partial charge in [-0.15, -0.1) is 0 Å². The van der Waals surface area contributed by atoms with Crippen molar-refractivity contribution in [3.63, 3.8) is 0 Å².